The normalized spacial score (nSPS) is 19.2. The highest BCUT2D eigenvalue weighted by Crippen LogP contribution is 2.45. The lowest BCUT2D eigenvalue weighted by atomic mass is 10.1. The lowest BCUT2D eigenvalue weighted by Gasteiger charge is -2.26. The lowest BCUT2D eigenvalue weighted by Crippen LogP contribution is -2.35. The number of anilines is 1. The highest BCUT2D eigenvalue weighted by molar-refractivity contribution is 8.24. The minimum Gasteiger partial charge on any atom is -0.486 e. The van der Waals surface area contributed by atoms with E-state index < -0.39 is 10.6 Å². The van der Waals surface area contributed by atoms with E-state index in [0.29, 0.717) is 45.2 Å². The summed E-state index contributed by atoms with van der Waals surface area (Å²) in [4.78, 5) is 16.6. The van der Waals surface area contributed by atoms with Crippen molar-refractivity contribution in [1.29, 1.82) is 0 Å². The SMILES string of the molecule is Nc1cc(OCc2cc(C(=O)NC3CCS(O)(O)C3)ccc2Cl)c2n[nH]nc2n1. The number of benzene rings is 1. The zero-order valence-electron chi connectivity index (χ0n) is 15.1. The predicted molar refractivity (Wildman–Crippen MR) is 110 cm³/mol. The third kappa shape index (κ3) is 4.37. The van der Waals surface area contributed by atoms with Crippen LogP contribution < -0.4 is 15.8 Å². The van der Waals surface area contributed by atoms with Crippen LogP contribution in [0.2, 0.25) is 5.02 Å². The summed E-state index contributed by atoms with van der Waals surface area (Å²) in [5.74, 6) is 0.812. The van der Waals surface area contributed by atoms with Crippen LogP contribution in [0, 0.1) is 0 Å². The number of amides is 1. The van der Waals surface area contributed by atoms with Gasteiger partial charge in [0.2, 0.25) is 5.65 Å². The molecule has 1 aliphatic heterocycles. The van der Waals surface area contributed by atoms with Gasteiger partial charge in [0.15, 0.2) is 11.3 Å². The molecular formula is C17H19ClN6O4S. The van der Waals surface area contributed by atoms with Crippen LogP contribution in [-0.4, -0.2) is 53.0 Å². The van der Waals surface area contributed by atoms with Gasteiger partial charge in [-0.05, 0) is 24.6 Å². The first-order chi connectivity index (χ1) is 13.8. The molecule has 1 aliphatic rings. The highest BCUT2D eigenvalue weighted by atomic mass is 35.5. The van der Waals surface area contributed by atoms with Gasteiger partial charge in [0.1, 0.15) is 12.4 Å². The van der Waals surface area contributed by atoms with Crippen LogP contribution in [0.3, 0.4) is 0 Å². The molecule has 3 aromatic rings. The van der Waals surface area contributed by atoms with E-state index in [2.05, 4.69) is 25.7 Å². The van der Waals surface area contributed by atoms with Crippen molar-refractivity contribution in [2.45, 2.75) is 19.1 Å². The van der Waals surface area contributed by atoms with E-state index in [-0.39, 0.29) is 30.1 Å². The van der Waals surface area contributed by atoms with Crippen LogP contribution in [0.25, 0.3) is 11.2 Å². The highest BCUT2D eigenvalue weighted by Gasteiger charge is 2.29. The Kier molecular flexibility index (Phi) is 5.21. The number of pyridine rings is 1. The third-order valence-corrected chi connectivity index (χ3v) is 6.76. The molecule has 0 aliphatic carbocycles. The molecule has 3 heterocycles. The molecular weight excluding hydrogens is 420 g/mol. The number of hydrogen-bond acceptors (Lipinski definition) is 8. The molecule has 154 valence electrons. The summed E-state index contributed by atoms with van der Waals surface area (Å²) in [6.45, 7) is 0.0787. The summed E-state index contributed by atoms with van der Waals surface area (Å²) in [5.41, 5.74) is 7.53. The summed E-state index contributed by atoms with van der Waals surface area (Å²) in [6.07, 6.45) is 0.537. The third-order valence-electron chi connectivity index (χ3n) is 4.56. The van der Waals surface area contributed by atoms with E-state index in [1.807, 2.05) is 0 Å². The number of nitrogen functional groups attached to an aromatic ring is 1. The first kappa shape index (κ1) is 19.7. The summed E-state index contributed by atoms with van der Waals surface area (Å²) < 4.78 is 25.2. The molecule has 1 aromatic carbocycles. The Labute approximate surface area is 172 Å². The largest absolute Gasteiger partial charge is 0.486 e. The van der Waals surface area contributed by atoms with Gasteiger partial charge in [-0.15, -0.1) is 5.10 Å². The fourth-order valence-electron chi connectivity index (χ4n) is 3.12. The Balaban J connectivity index is 1.48. The number of fused-ring (bicyclic) bond motifs is 1. The Morgan fingerprint density at radius 1 is 1.38 bits per heavy atom. The molecule has 1 unspecified atom stereocenters. The number of hydrogen-bond donors (Lipinski definition) is 5. The number of halogens is 1. The Hall–Kier alpha value is -2.60. The summed E-state index contributed by atoms with van der Waals surface area (Å²) in [6, 6.07) is 6.13. The monoisotopic (exact) mass is 438 g/mol. The first-order valence-electron chi connectivity index (χ1n) is 8.73. The van der Waals surface area contributed by atoms with Crippen molar-refractivity contribution in [2.24, 2.45) is 0 Å². The molecule has 10 nitrogen and oxygen atoms in total. The number of rotatable bonds is 5. The number of H-pyrrole nitrogens is 1. The Bertz CT molecular complexity index is 1080. The molecule has 0 bridgehead atoms. The average Bonchev–Trinajstić information content (AvgIpc) is 3.26. The van der Waals surface area contributed by atoms with Crippen LogP contribution in [0.15, 0.2) is 24.3 Å². The molecule has 1 atom stereocenters. The van der Waals surface area contributed by atoms with E-state index in [4.69, 9.17) is 22.1 Å². The van der Waals surface area contributed by atoms with Gasteiger partial charge in [-0.25, -0.2) is 4.98 Å². The predicted octanol–water partition coefficient (Wildman–Crippen LogP) is 2.42. The summed E-state index contributed by atoms with van der Waals surface area (Å²) in [7, 11) is -2.58. The van der Waals surface area contributed by atoms with E-state index in [1.165, 1.54) is 6.07 Å². The molecule has 2 aromatic heterocycles. The van der Waals surface area contributed by atoms with Gasteiger partial charge in [-0.3, -0.25) is 13.9 Å². The van der Waals surface area contributed by atoms with Gasteiger partial charge in [-0.2, -0.15) is 20.9 Å². The first-order valence-corrected chi connectivity index (χ1v) is 11.0. The average molecular weight is 439 g/mol. The topological polar surface area (TPSA) is 159 Å². The lowest BCUT2D eigenvalue weighted by molar-refractivity contribution is 0.0941. The fraction of sp³-hybridized carbons (Fsp3) is 0.294. The van der Waals surface area contributed by atoms with Crippen molar-refractivity contribution in [1.82, 2.24) is 25.7 Å². The second-order valence-corrected chi connectivity index (χ2v) is 9.52. The summed E-state index contributed by atoms with van der Waals surface area (Å²) >= 11 is 6.26. The van der Waals surface area contributed by atoms with Crippen LogP contribution in [0.5, 0.6) is 5.75 Å². The molecule has 29 heavy (non-hydrogen) atoms. The van der Waals surface area contributed by atoms with E-state index in [0.717, 1.165) is 0 Å². The number of nitrogens with one attached hydrogen (secondary N) is 2. The number of aromatic nitrogens is 4. The molecule has 12 heteroatoms. The minimum absolute atomic E-state index is 0.0787. The van der Waals surface area contributed by atoms with Gasteiger partial charge in [-0.1, -0.05) is 11.6 Å². The molecule has 1 saturated heterocycles. The van der Waals surface area contributed by atoms with Gasteiger partial charge in [0, 0.05) is 34.0 Å². The molecule has 0 spiro atoms. The van der Waals surface area contributed by atoms with Crippen molar-refractivity contribution in [3.63, 3.8) is 0 Å². The molecule has 6 N–H and O–H groups in total. The molecule has 1 amide bonds. The number of nitrogens with zero attached hydrogens (tertiary/aromatic N) is 3. The van der Waals surface area contributed by atoms with Crippen LogP contribution in [0.1, 0.15) is 22.3 Å². The zero-order valence-corrected chi connectivity index (χ0v) is 16.7. The second-order valence-electron chi connectivity index (χ2n) is 6.77. The minimum atomic E-state index is -2.58. The van der Waals surface area contributed by atoms with Crippen molar-refractivity contribution in [3.05, 3.63) is 40.4 Å². The molecule has 1 fully saturated rings. The smallest absolute Gasteiger partial charge is 0.251 e. The number of carbonyl (C=O) groups is 1. The van der Waals surface area contributed by atoms with Gasteiger partial charge in [0.05, 0.1) is 5.75 Å². The van der Waals surface area contributed by atoms with Crippen molar-refractivity contribution in [3.8, 4) is 5.75 Å². The quantitative estimate of drug-likeness (QED) is 0.406. The number of aromatic amines is 1. The van der Waals surface area contributed by atoms with Gasteiger partial charge < -0.3 is 15.8 Å². The van der Waals surface area contributed by atoms with Crippen LogP contribution in [0.4, 0.5) is 5.82 Å². The van der Waals surface area contributed by atoms with Gasteiger partial charge in [0.25, 0.3) is 5.91 Å². The van der Waals surface area contributed by atoms with Crippen LogP contribution >= 0.6 is 22.2 Å². The Morgan fingerprint density at radius 3 is 2.97 bits per heavy atom. The maximum Gasteiger partial charge on any atom is 0.251 e. The standard InChI is InChI=1S/C17H19ClN6O4S/c18-12-2-1-9(17(25)20-11-3-4-29(26,27)8-11)5-10(12)7-28-13-6-14(19)21-16-15(13)22-24-23-16/h1-2,5-6,11,26-27H,3-4,7-8H2,(H,20,25)(H3,19,21,22,23,24). The van der Waals surface area contributed by atoms with Crippen molar-refractivity contribution >= 4 is 45.1 Å². The second kappa shape index (κ2) is 7.67. The van der Waals surface area contributed by atoms with Crippen molar-refractivity contribution < 1.29 is 18.6 Å². The van der Waals surface area contributed by atoms with E-state index in [1.54, 1.807) is 18.2 Å². The molecule has 4 rings (SSSR count). The Morgan fingerprint density at radius 2 is 2.21 bits per heavy atom. The maximum absolute atomic E-state index is 12.5. The van der Waals surface area contributed by atoms with E-state index in [9.17, 15) is 13.9 Å². The fourth-order valence-corrected chi connectivity index (χ4v) is 5.02. The van der Waals surface area contributed by atoms with Crippen LogP contribution in [-0.2, 0) is 6.61 Å². The summed E-state index contributed by atoms with van der Waals surface area (Å²) in [5, 5.41) is 13.6. The molecule has 0 radical (unpaired) electrons. The molecule has 0 saturated carbocycles. The maximum atomic E-state index is 12.5. The zero-order chi connectivity index (χ0) is 20.6. The van der Waals surface area contributed by atoms with Crippen molar-refractivity contribution in [2.75, 3.05) is 17.2 Å². The number of ether oxygens (including phenoxy) is 1. The number of carbonyl (C=O) groups excluding carboxylic acids is 1. The number of nitrogens with two attached hydrogens (primary N) is 1. The van der Waals surface area contributed by atoms with Gasteiger partial charge >= 0.3 is 0 Å². The van der Waals surface area contributed by atoms with E-state index >= 15 is 0 Å².